The van der Waals surface area contributed by atoms with Gasteiger partial charge in [0, 0.05) is 18.5 Å². The van der Waals surface area contributed by atoms with E-state index in [4.69, 9.17) is 4.74 Å². The topological polar surface area (TPSA) is 58.6 Å². The lowest BCUT2D eigenvalue weighted by Gasteiger charge is -2.28. The van der Waals surface area contributed by atoms with Gasteiger partial charge in [0.1, 0.15) is 11.6 Å². The van der Waals surface area contributed by atoms with Crippen molar-refractivity contribution in [3.63, 3.8) is 0 Å². The summed E-state index contributed by atoms with van der Waals surface area (Å²) in [7, 11) is 1.56. The molecular formula is C20H21FN2O3. The number of halogens is 1. The zero-order valence-corrected chi connectivity index (χ0v) is 14.7. The Labute approximate surface area is 151 Å². The molecule has 2 aromatic carbocycles. The molecule has 0 aromatic heterocycles. The maximum absolute atomic E-state index is 13.9. The molecule has 1 heterocycles. The van der Waals surface area contributed by atoms with Gasteiger partial charge >= 0.3 is 0 Å². The van der Waals surface area contributed by atoms with Crippen molar-refractivity contribution in [2.75, 3.05) is 19.0 Å². The van der Waals surface area contributed by atoms with Gasteiger partial charge in [-0.3, -0.25) is 9.59 Å². The minimum atomic E-state index is -0.627. The summed E-state index contributed by atoms with van der Waals surface area (Å²) in [6.07, 6.45) is 0.0802. The van der Waals surface area contributed by atoms with Crippen LogP contribution < -0.4 is 10.1 Å². The van der Waals surface area contributed by atoms with Gasteiger partial charge in [0.2, 0.25) is 11.8 Å². The summed E-state index contributed by atoms with van der Waals surface area (Å²) in [6.45, 7) is 2.35. The average molecular weight is 356 g/mol. The first kappa shape index (κ1) is 17.9. The highest BCUT2D eigenvalue weighted by atomic mass is 19.1. The predicted molar refractivity (Wildman–Crippen MR) is 96.3 cm³/mol. The van der Waals surface area contributed by atoms with Crippen molar-refractivity contribution >= 4 is 17.5 Å². The number of methoxy groups -OCH3 is 1. The van der Waals surface area contributed by atoms with Gasteiger partial charge in [0.15, 0.2) is 0 Å². The molecule has 1 saturated heterocycles. The van der Waals surface area contributed by atoms with Crippen LogP contribution in [0.25, 0.3) is 0 Å². The van der Waals surface area contributed by atoms with Gasteiger partial charge in [-0.2, -0.15) is 0 Å². The number of para-hydroxylation sites is 2. The van der Waals surface area contributed by atoms with E-state index in [1.54, 1.807) is 30.2 Å². The van der Waals surface area contributed by atoms with Gasteiger partial charge in [-0.25, -0.2) is 4.39 Å². The zero-order valence-electron chi connectivity index (χ0n) is 14.7. The van der Waals surface area contributed by atoms with Gasteiger partial charge in [0.05, 0.1) is 24.8 Å². The van der Waals surface area contributed by atoms with Crippen LogP contribution in [0.15, 0.2) is 48.5 Å². The molecule has 0 spiro atoms. The molecule has 0 aliphatic carbocycles. The second-order valence-electron chi connectivity index (χ2n) is 6.15. The fourth-order valence-corrected chi connectivity index (χ4v) is 3.48. The van der Waals surface area contributed by atoms with E-state index >= 15 is 0 Å². The molecule has 5 nitrogen and oxygen atoms in total. The van der Waals surface area contributed by atoms with E-state index in [0.29, 0.717) is 12.3 Å². The van der Waals surface area contributed by atoms with Crippen molar-refractivity contribution in [3.05, 3.63) is 59.9 Å². The van der Waals surface area contributed by atoms with E-state index < -0.39 is 17.8 Å². The molecule has 2 amide bonds. The monoisotopic (exact) mass is 356 g/mol. The average Bonchev–Trinajstić information content (AvgIpc) is 2.99. The highest BCUT2D eigenvalue weighted by Gasteiger charge is 2.44. The van der Waals surface area contributed by atoms with Gasteiger partial charge in [-0.1, -0.05) is 30.3 Å². The SMILES string of the molecule is CCN1C(=O)C[C@@H](C(=O)Nc2ccccc2F)[C@@H]1c1ccccc1OC. The van der Waals surface area contributed by atoms with Crippen molar-refractivity contribution in [2.24, 2.45) is 5.92 Å². The Morgan fingerprint density at radius 3 is 2.62 bits per heavy atom. The van der Waals surface area contributed by atoms with Crippen molar-refractivity contribution < 1.29 is 18.7 Å². The number of anilines is 1. The largest absolute Gasteiger partial charge is 0.496 e. The number of likely N-dealkylation sites (tertiary alicyclic amines) is 1. The minimum Gasteiger partial charge on any atom is -0.496 e. The van der Waals surface area contributed by atoms with Gasteiger partial charge in [-0.05, 0) is 25.1 Å². The predicted octanol–water partition coefficient (Wildman–Crippen LogP) is 3.38. The molecule has 1 fully saturated rings. The third kappa shape index (κ3) is 3.27. The third-order valence-corrected chi connectivity index (χ3v) is 4.70. The molecule has 3 rings (SSSR count). The molecule has 1 aliphatic heterocycles. The van der Waals surface area contributed by atoms with Crippen LogP contribution in [0.3, 0.4) is 0 Å². The van der Waals surface area contributed by atoms with Crippen molar-refractivity contribution in [1.29, 1.82) is 0 Å². The van der Waals surface area contributed by atoms with Crippen LogP contribution in [0.2, 0.25) is 0 Å². The van der Waals surface area contributed by atoms with Crippen molar-refractivity contribution in [2.45, 2.75) is 19.4 Å². The fourth-order valence-electron chi connectivity index (χ4n) is 3.48. The highest BCUT2D eigenvalue weighted by Crippen LogP contribution is 2.42. The Hall–Kier alpha value is -2.89. The summed E-state index contributed by atoms with van der Waals surface area (Å²) >= 11 is 0. The lowest BCUT2D eigenvalue weighted by molar-refractivity contribution is -0.129. The summed E-state index contributed by atoms with van der Waals surface area (Å²) < 4.78 is 19.3. The van der Waals surface area contributed by atoms with Gasteiger partial charge < -0.3 is 15.0 Å². The summed E-state index contributed by atoms with van der Waals surface area (Å²) in [5, 5.41) is 2.62. The van der Waals surface area contributed by atoms with Gasteiger partial charge in [-0.15, -0.1) is 0 Å². The number of nitrogens with one attached hydrogen (secondary N) is 1. The van der Waals surface area contributed by atoms with E-state index in [1.165, 1.54) is 12.1 Å². The normalized spacial score (nSPS) is 19.5. The van der Waals surface area contributed by atoms with Crippen LogP contribution in [-0.2, 0) is 9.59 Å². The van der Waals surface area contributed by atoms with Gasteiger partial charge in [0.25, 0.3) is 0 Å². The number of rotatable bonds is 5. The zero-order chi connectivity index (χ0) is 18.7. The quantitative estimate of drug-likeness (QED) is 0.893. The number of hydrogen-bond acceptors (Lipinski definition) is 3. The summed E-state index contributed by atoms with van der Waals surface area (Å²) in [6, 6.07) is 12.9. The number of amides is 2. The molecular weight excluding hydrogens is 335 g/mol. The molecule has 1 aliphatic rings. The van der Waals surface area contributed by atoms with Crippen LogP contribution in [-0.4, -0.2) is 30.4 Å². The van der Waals surface area contributed by atoms with Crippen LogP contribution in [0.4, 0.5) is 10.1 Å². The Morgan fingerprint density at radius 1 is 1.23 bits per heavy atom. The number of nitrogens with zero attached hydrogens (tertiary/aromatic N) is 1. The molecule has 6 heteroatoms. The number of carbonyl (C=O) groups excluding carboxylic acids is 2. The molecule has 2 aromatic rings. The lowest BCUT2D eigenvalue weighted by Crippen LogP contribution is -2.32. The number of hydrogen-bond donors (Lipinski definition) is 1. The van der Waals surface area contributed by atoms with E-state index in [9.17, 15) is 14.0 Å². The summed E-state index contributed by atoms with van der Waals surface area (Å²) in [5.41, 5.74) is 0.884. The number of benzene rings is 2. The second-order valence-corrected chi connectivity index (χ2v) is 6.15. The van der Waals surface area contributed by atoms with Crippen LogP contribution >= 0.6 is 0 Å². The molecule has 2 atom stereocenters. The van der Waals surface area contributed by atoms with Crippen LogP contribution in [0.5, 0.6) is 5.75 Å². The van der Waals surface area contributed by atoms with Crippen molar-refractivity contribution in [3.8, 4) is 5.75 Å². The number of carbonyl (C=O) groups is 2. The van der Waals surface area contributed by atoms with E-state index in [1.807, 2.05) is 25.1 Å². The Morgan fingerprint density at radius 2 is 1.92 bits per heavy atom. The first-order valence-corrected chi connectivity index (χ1v) is 8.54. The summed E-state index contributed by atoms with van der Waals surface area (Å²) in [5.74, 6) is -0.994. The van der Waals surface area contributed by atoms with Crippen molar-refractivity contribution in [1.82, 2.24) is 4.90 Å². The first-order valence-electron chi connectivity index (χ1n) is 8.54. The number of ether oxygens (including phenoxy) is 1. The smallest absolute Gasteiger partial charge is 0.230 e. The van der Waals surface area contributed by atoms with Crippen LogP contribution in [0.1, 0.15) is 24.9 Å². The standard InChI is InChI=1S/C20H21FN2O3/c1-3-23-18(24)12-14(19(23)13-8-4-7-11-17(13)26-2)20(25)22-16-10-6-5-9-15(16)21/h4-11,14,19H,3,12H2,1-2H3,(H,22,25)/t14-,19+/m1/s1. The highest BCUT2D eigenvalue weighted by molar-refractivity contribution is 5.98. The summed E-state index contributed by atoms with van der Waals surface area (Å²) in [4.78, 5) is 27.0. The molecule has 26 heavy (non-hydrogen) atoms. The van der Waals surface area contributed by atoms with E-state index in [2.05, 4.69) is 5.32 Å². The Kier molecular flexibility index (Phi) is 5.21. The molecule has 0 bridgehead atoms. The van der Waals surface area contributed by atoms with Crippen LogP contribution in [0, 0.1) is 11.7 Å². The molecule has 0 saturated carbocycles. The Balaban J connectivity index is 1.95. The Bertz CT molecular complexity index is 824. The molecule has 0 unspecified atom stereocenters. The van der Waals surface area contributed by atoms with E-state index in [-0.39, 0.29) is 23.9 Å². The first-order chi connectivity index (χ1) is 12.6. The minimum absolute atomic E-state index is 0.0802. The molecule has 1 N–H and O–H groups in total. The maximum Gasteiger partial charge on any atom is 0.230 e. The molecule has 136 valence electrons. The van der Waals surface area contributed by atoms with E-state index in [0.717, 1.165) is 5.56 Å². The second kappa shape index (κ2) is 7.56. The fraction of sp³-hybridized carbons (Fsp3) is 0.300. The maximum atomic E-state index is 13.9. The third-order valence-electron chi connectivity index (χ3n) is 4.70. The molecule has 0 radical (unpaired) electrons. The lowest BCUT2D eigenvalue weighted by atomic mass is 9.92.